The van der Waals surface area contributed by atoms with Gasteiger partial charge in [0, 0.05) is 156 Å². The summed E-state index contributed by atoms with van der Waals surface area (Å²) >= 11 is 0. The van der Waals surface area contributed by atoms with Gasteiger partial charge in [-0.1, -0.05) is 158 Å². The first-order valence-corrected chi connectivity index (χ1v) is 44.5. The Labute approximate surface area is 772 Å². The molecule has 7 heterocycles. The number of ether oxygens (including phenoxy) is 1. The molecule has 10 nitrogen and oxygen atoms in total. The highest BCUT2D eigenvalue weighted by Crippen LogP contribution is 2.60. The highest BCUT2D eigenvalue weighted by Gasteiger charge is 2.57. The molecule has 0 spiro atoms. The Balaban J connectivity index is 0.830. The van der Waals surface area contributed by atoms with Crippen LogP contribution in [0.5, 0.6) is 11.5 Å². The Kier molecular flexibility index (Phi) is 17.9. The lowest BCUT2D eigenvalue weighted by atomic mass is 9.27. The van der Waals surface area contributed by atoms with Gasteiger partial charge in [0.1, 0.15) is 46.5 Å². The number of hydrogen-bond acceptors (Lipinski definition) is 10. The first-order chi connectivity index (χ1) is 66.2. The largest absolute Gasteiger partial charge is 0.453 e. The maximum Gasteiger partial charge on any atom is 0.252 e. The minimum atomic E-state index is -0.976. The molecule has 0 N–H and O–H groups in total. The van der Waals surface area contributed by atoms with Gasteiger partial charge in [0.25, 0.3) is 20.1 Å². The number of anilines is 27. The van der Waals surface area contributed by atoms with Gasteiger partial charge in [-0.2, -0.15) is 0 Å². The van der Waals surface area contributed by atoms with Crippen molar-refractivity contribution in [3.8, 4) is 11.5 Å². The average Bonchev–Trinajstić information content (AvgIpc) is 0.654. The number of halogens is 8. The fourth-order valence-corrected chi connectivity index (χ4v) is 21.9. The predicted octanol–water partition coefficient (Wildman–Crippen LogP) is 25.6. The van der Waals surface area contributed by atoms with Crippen LogP contribution >= 0.6 is 0 Å². The van der Waals surface area contributed by atoms with Crippen LogP contribution in [0.1, 0.15) is 0 Å². The highest BCUT2D eigenvalue weighted by atomic mass is 19.2. The van der Waals surface area contributed by atoms with Gasteiger partial charge < -0.3 is 48.8 Å². The van der Waals surface area contributed by atoms with Crippen LogP contribution in [0.25, 0.3) is 0 Å². The normalized spacial score (nSPS) is 13.1. The lowest BCUT2D eigenvalue weighted by Gasteiger charge is -2.53. The molecule has 0 amide bonds. The molecule has 0 saturated heterocycles. The van der Waals surface area contributed by atoms with E-state index >= 15 is 35.1 Å². The van der Waals surface area contributed by atoms with E-state index in [9.17, 15) is 0 Å². The molecule has 19 aromatic carbocycles. The molecule has 135 heavy (non-hydrogen) atoms. The van der Waals surface area contributed by atoms with Crippen LogP contribution in [0.4, 0.5) is 189 Å². The molecule has 0 saturated carbocycles. The SMILES string of the molecule is Fc1cc(F)cc(N2c3ccc(N(c4ccccc4)c4ccccc4)cc3B3c4cc5c(cc4N(c4cc(F)cc(F)c4)c4cccc2c43)N(c2cc(F)cc(F)c2)c2cc3c4c6c2B5c2cc(N(c5ccccc5)c5ccccc5)cc5c2N6c2c(cc(N(c6ccccc6)c6ccccc6)cc2B4c2cc(N(c4ccccc4)c4ccccc4)ccc2N3c2cc(F)cc(F)c2)O5)c1. The van der Waals surface area contributed by atoms with E-state index in [0.717, 1.165) is 92.1 Å². The molecule has 21 heteroatoms. The minimum absolute atomic E-state index is 0.0256. The monoisotopic (exact) mass is 1760 g/mol. The molecule has 0 fully saturated rings. The molecule has 26 rings (SSSR count). The van der Waals surface area contributed by atoms with Crippen LogP contribution in [-0.4, -0.2) is 20.1 Å². The second-order valence-corrected chi connectivity index (χ2v) is 34.6. The van der Waals surface area contributed by atoms with E-state index in [-0.39, 0.29) is 22.7 Å². The smallest absolute Gasteiger partial charge is 0.252 e. The molecular weight excluding hydrogens is 1700 g/mol. The Morgan fingerprint density at radius 3 is 0.733 bits per heavy atom. The van der Waals surface area contributed by atoms with Gasteiger partial charge in [0.2, 0.25) is 0 Å². The summed E-state index contributed by atoms with van der Waals surface area (Å²) in [7, 11) is 0. The number of fused-ring (bicyclic) bond motifs is 10. The van der Waals surface area contributed by atoms with Crippen molar-refractivity contribution < 1.29 is 39.9 Å². The zero-order valence-electron chi connectivity index (χ0n) is 71.4. The number of benzene rings is 19. The number of hydrogen-bond donors (Lipinski definition) is 0. The molecule has 7 aliphatic heterocycles. The second-order valence-electron chi connectivity index (χ2n) is 34.6. The van der Waals surface area contributed by atoms with Crippen molar-refractivity contribution in [1.82, 2.24) is 0 Å². The zero-order chi connectivity index (χ0) is 90.3. The Morgan fingerprint density at radius 1 is 0.170 bits per heavy atom. The van der Waals surface area contributed by atoms with Crippen LogP contribution in [0, 0.1) is 46.5 Å². The summed E-state index contributed by atoms with van der Waals surface area (Å²) in [5.41, 5.74) is 21.4. The summed E-state index contributed by atoms with van der Waals surface area (Å²) in [5, 5.41) is 0. The maximum atomic E-state index is 17.6. The second kappa shape index (κ2) is 30.7. The molecule has 0 aliphatic carbocycles. The molecule has 0 radical (unpaired) electrons. The third-order valence-corrected chi connectivity index (χ3v) is 26.9. The molecular formula is C114H68B3F8N9O. The summed E-state index contributed by atoms with van der Waals surface area (Å²) < 4.78 is 145. The molecule has 0 atom stereocenters. The van der Waals surface area contributed by atoms with Crippen LogP contribution in [-0.2, 0) is 0 Å². The van der Waals surface area contributed by atoms with E-state index in [1.165, 1.54) is 48.5 Å². The van der Waals surface area contributed by atoms with Gasteiger partial charge in [-0.15, -0.1) is 0 Å². The third-order valence-electron chi connectivity index (χ3n) is 26.9. The zero-order valence-corrected chi connectivity index (χ0v) is 71.4. The Hall–Kier alpha value is -17.2. The Morgan fingerprint density at radius 2 is 0.422 bits per heavy atom. The quantitative estimate of drug-likeness (QED) is 0.0690. The van der Waals surface area contributed by atoms with E-state index in [1.807, 2.05) is 233 Å². The maximum absolute atomic E-state index is 17.6. The van der Waals surface area contributed by atoms with E-state index in [1.54, 1.807) is 11.0 Å². The van der Waals surface area contributed by atoms with Gasteiger partial charge in [-0.3, -0.25) is 0 Å². The van der Waals surface area contributed by atoms with Crippen molar-refractivity contribution >= 4 is 223 Å². The summed E-state index contributed by atoms with van der Waals surface area (Å²) in [5.74, 6) is -6.11. The first-order valence-electron chi connectivity index (χ1n) is 44.5. The summed E-state index contributed by atoms with van der Waals surface area (Å²) in [6.45, 7) is -2.70. The molecule has 0 unspecified atom stereocenters. The minimum Gasteiger partial charge on any atom is -0.453 e. The lowest BCUT2D eigenvalue weighted by Crippen LogP contribution is -2.69. The summed E-state index contributed by atoms with van der Waals surface area (Å²) in [6.07, 6.45) is 0. The molecule has 0 aromatic heterocycles. The van der Waals surface area contributed by atoms with Crippen molar-refractivity contribution in [3.63, 3.8) is 0 Å². The predicted molar refractivity (Wildman–Crippen MR) is 532 cm³/mol. The standard InChI is InChI=1S/C114H68B3F8N9O/c118-69-48-70(119)53-87(52-69)130-99-46-44-85(126(77-26-9-1-10-27-77)78-28-11-2-12-29-78)60-93(99)115-95-66-96-104(67-103(95)132(89-56-73(122)50-74(123)57-89)102-43-25-42-101(130)109(102)115)133(90-58-75(124)51-76(125)59-90)106-68-105-110-114-111(106)117(96)98-63-92(129(83-38-21-7-22-39-83)84-40-23-8-24-41-84)65-108-113(98)134(114)112-97(62-91(64-107(112)135-108)128(81-34-17-5-18-35-81)82-36-19-6-20-37-82)116(110)94-61-86(45-47-100(94)131(105)88-54-71(120)49-72(121)55-88)127(79-30-13-3-14-31-79)80-32-15-4-16-33-80/h1-68H. The Bertz CT molecular complexity index is 7880. The molecule has 0 bridgehead atoms. The van der Waals surface area contributed by atoms with Crippen molar-refractivity contribution in [2.24, 2.45) is 0 Å². The first kappa shape index (κ1) is 78.8. The number of nitrogens with zero attached hydrogens (tertiary/aromatic N) is 9. The summed E-state index contributed by atoms with van der Waals surface area (Å²) in [4.78, 5) is 18.4. The molecule has 7 aliphatic rings. The fraction of sp³-hybridized carbons (Fsp3) is 0. The number of para-hydroxylation sites is 8. The van der Waals surface area contributed by atoms with Gasteiger partial charge in [-0.25, -0.2) is 35.1 Å². The average molecular weight is 1760 g/mol. The van der Waals surface area contributed by atoms with Crippen molar-refractivity contribution in [2.45, 2.75) is 0 Å². The van der Waals surface area contributed by atoms with E-state index in [4.69, 9.17) is 4.74 Å². The molecule has 640 valence electrons. The number of rotatable bonds is 16. The lowest BCUT2D eigenvalue weighted by molar-refractivity contribution is 0.478. The van der Waals surface area contributed by atoms with Crippen molar-refractivity contribution in [1.29, 1.82) is 0 Å². The van der Waals surface area contributed by atoms with E-state index < -0.39 is 66.7 Å². The summed E-state index contributed by atoms with van der Waals surface area (Å²) in [6, 6.07) is 126. The van der Waals surface area contributed by atoms with Gasteiger partial charge in [0.15, 0.2) is 11.5 Å². The van der Waals surface area contributed by atoms with Gasteiger partial charge in [0.05, 0.1) is 34.1 Å². The highest BCUT2D eigenvalue weighted by molar-refractivity contribution is 7.06. The third kappa shape index (κ3) is 12.5. The van der Waals surface area contributed by atoms with Crippen LogP contribution in [0.3, 0.4) is 0 Å². The van der Waals surface area contributed by atoms with Crippen LogP contribution in [0.2, 0.25) is 0 Å². The van der Waals surface area contributed by atoms with Crippen LogP contribution in [0.15, 0.2) is 413 Å². The fourth-order valence-electron chi connectivity index (χ4n) is 21.9. The molecule has 19 aromatic rings. The van der Waals surface area contributed by atoms with Crippen molar-refractivity contribution in [2.75, 3.05) is 44.1 Å². The van der Waals surface area contributed by atoms with Gasteiger partial charge in [-0.05, 0) is 268 Å². The topological polar surface area (TPSA) is 38.4 Å². The van der Waals surface area contributed by atoms with Crippen molar-refractivity contribution in [3.05, 3.63) is 459 Å². The van der Waals surface area contributed by atoms with E-state index in [0.29, 0.717) is 124 Å². The van der Waals surface area contributed by atoms with Gasteiger partial charge >= 0.3 is 0 Å². The van der Waals surface area contributed by atoms with E-state index in [2.05, 4.69) is 140 Å². The van der Waals surface area contributed by atoms with Crippen LogP contribution < -0.4 is 98.0 Å².